The number of benzene rings is 2. The molecule has 0 saturated heterocycles. The molecule has 0 aromatic heterocycles. The van der Waals surface area contributed by atoms with Gasteiger partial charge in [-0.05, 0) is 55.2 Å². The number of carbonyl (C=O) groups is 2. The zero-order valence-corrected chi connectivity index (χ0v) is 20.0. The summed E-state index contributed by atoms with van der Waals surface area (Å²) < 4.78 is 5.22. The van der Waals surface area contributed by atoms with Crippen LogP contribution < -0.4 is 10.1 Å². The van der Waals surface area contributed by atoms with Gasteiger partial charge in [0, 0.05) is 12.6 Å². The molecule has 2 atom stereocenters. The quantitative estimate of drug-likeness (QED) is 0.520. The van der Waals surface area contributed by atoms with Crippen LogP contribution in [-0.4, -0.2) is 35.9 Å². The maximum Gasteiger partial charge on any atom is 0.243 e. The Morgan fingerprint density at radius 1 is 1.00 bits per heavy atom. The highest BCUT2D eigenvalue weighted by Crippen LogP contribution is 2.24. The Morgan fingerprint density at radius 3 is 2.19 bits per heavy atom. The Labute approximate surface area is 194 Å². The minimum absolute atomic E-state index is 0.0366. The lowest BCUT2D eigenvalue weighted by Crippen LogP contribution is -2.51. The van der Waals surface area contributed by atoms with E-state index >= 15 is 0 Å². The molecule has 0 fully saturated rings. The van der Waals surface area contributed by atoms with E-state index in [0.29, 0.717) is 23.0 Å². The standard InChI is InChI=1S/C24H30Cl2N2O3/c1-5-16(3)27-24(30)22(6-2)28(15-17-7-10-19(31-4)11-8-17)23(29)14-18-9-12-20(25)21(26)13-18/h7-13,16,22H,5-6,14-15H2,1-4H3,(H,27,30)/t16-,22-/m1/s1. The molecule has 0 unspecified atom stereocenters. The van der Waals surface area contributed by atoms with Gasteiger partial charge >= 0.3 is 0 Å². The lowest BCUT2D eigenvalue weighted by atomic mass is 10.1. The van der Waals surface area contributed by atoms with Crippen LogP contribution in [0.5, 0.6) is 5.75 Å². The van der Waals surface area contributed by atoms with Gasteiger partial charge in [-0.2, -0.15) is 0 Å². The van der Waals surface area contributed by atoms with E-state index < -0.39 is 6.04 Å². The van der Waals surface area contributed by atoms with E-state index in [4.69, 9.17) is 27.9 Å². The van der Waals surface area contributed by atoms with Gasteiger partial charge in [0.2, 0.25) is 11.8 Å². The predicted molar refractivity (Wildman–Crippen MR) is 126 cm³/mol. The van der Waals surface area contributed by atoms with Crippen molar-refractivity contribution in [2.45, 2.75) is 58.7 Å². The van der Waals surface area contributed by atoms with E-state index in [1.165, 1.54) is 0 Å². The molecule has 0 radical (unpaired) electrons. The number of ether oxygens (including phenoxy) is 1. The van der Waals surface area contributed by atoms with E-state index in [-0.39, 0.29) is 24.3 Å². The first-order chi connectivity index (χ1) is 14.8. The van der Waals surface area contributed by atoms with Gasteiger partial charge < -0.3 is 15.0 Å². The molecule has 2 aromatic rings. The van der Waals surface area contributed by atoms with E-state index in [1.807, 2.05) is 45.0 Å². The summed E-state index contributed by atoms with van der Waals surface area (Å²) in [5.74, 6) is 0.437. The lowest BCUT2D eigenvalue weighted by Gasteiger charge is -2.31. The smallest absolute Gasteiger partial charge is 0.243 e. The number of amides is 2. The van der Waals surface area contributed by atoms with Gasteiger partial charge in [-0.25, -0.2) is 0 Å². The van der Waals surface area contributed by atoms with E-state index in [1.54, 1.807) is 30.2 Å². The van der Waals surface area contributed by atoms with Crippen LogP contribution in [0.4, 0.5) is 0 Å². The number of hydrogen-bond acceptors (Lipinski definition) is 3. The van der Waals surface area contributed by atoms with E-state index in [0.717, 1.165) is 23.3 Å². The van der Waals surface area contributed by atoms with Crippen LogP contribution in [-0.2, 0) is 22.6 Å². The fourth-order valence-electron chi connectivity index (χ4n) is 3.21. The Balaban J connectivity index is 2.30. The minimum atomic E-state index is -0.577. The van der Waals surface area contributed by atoms with Crippen molar-refractivity contribution < 1.29 is 14.3 Å². The predicted octanol–water partition coefficient (Wildman–Crippen LogP) is 5.27. The molecule has 2 amide bonds. The molecule has 1 N–H and O–H groups in total. The molecule has 2 rings (SSSR count). The summed E-state index contributed by atoms with van der Waals surface area (Å²) in [5, 5.41) is 3.84. The second kappa shape index (κ2) is 12.0. The molecule has 168 valence electrons. The molecule has 0 aliphatic carbocycles. The summed E-state index contributed by atoms with van der Waals surface area (Å²) in [6, 6.07) is 12.1. The number of nitrogens with zero attached hydrogens (tertiary/aromatic N) is 1. The average Bonchev–Trinajstić information content (AvgIpc) is 2.76. The van der Waals surface area contributed by atoms with Gasteiger partial charge in [-0.3, -0.25) is 9.59 Å². The highest BCUT2D eigenvalue weighted by molar-refractivity contribution is 6.42. The summed E-state index contributed by atoms with van der Waals surface area (Å²) >= 11 is 12.1. The van der Waals surface area contributed by atoms with Gasteiger partial charge in [0.05, 0.1) is 23.6 Å². The monoisotopic (exact) mass is 464 g/mol. The minimum Gasteiger partial charge on any atom is -0.497 e. The molecule has 0 aliphatic rings. The van der Waals surface area contributed by atoms with Gasteiger partial charge in [0.15, 0.2) is 0 Å². The van der Waals surface area contributed by atoms with Crippen molar-refractivity contribution in [1.29, 1.82) is 0 Å². The van der Waals surface area contributed by atoms with E-state index in [9.17, 15) is 9.59 Å². The molecule has 5 nitrogen and oxygen atoms in total. The lowest BCUT2D eigenvalue weighted by molar-refractivity contribution is -0.141. The fraction of sp³-hybridized carbons (Fsp3) is 0.417. The van der Waals surface area contributed by atoms with Gasteiger partial charge in [0.1, 0.15) is 11.8 Å². The van der Waals surface area contributed by atoms with Crippen LogP contribution in [0.3, 0.4) is 0 Å². The highest BCUT2D eigenvalue weighted by Gasteiger charge is 2.29. The number of rotatable bonds is 10. The zero-order valence-electron chi connectivity index (χ0n) is 18.5. The largest absolute Gasteiger partial charge is 0.497 e. The first-order valence-corrected chi connectivity index (χ1v) is 11.2. The van der Waals surface area contributed by atoms with Crippen LogP contribution in [0.2, 0.25) is 10.0 Å². The maximum absolute atomic E-state index is 13.3. The normalized spacial score (nSPS) is 12.7. The summed E-state index contributed by atoms with van der Waals surface area (Å²) in [7, 11) is 1.61. The third kappa shape index (κ3) is 7.15. The molecular weight excluding hydrogens is 435 g/mol. The van der Waals surface area contributed by atoms with Gasteiger partial charge in [-0.1, -0.05) is 55.2 Å². The van der Waals surface area contributed by atoms with Crippen molar-refractivity contribution >= 4 is 35.0 Å². The zero-order chi connectivity index (χ0) is 23.0. The second-order valence-corrected chi connectivity index (χ2v) is 8.35. The Bertz CT molecular complexity index is 887. The summed E-state index contributed by atoms with van der Waals surface area (Å²) in [6.07, 6.45) is 1.45. The van der Waals surface area contributed by atoms with Crippen molar-refractivity contribution in [2.75, 3.05) is 7.11 Å². The SMILES string of the molecule is CC[C@@H](C)NC(=O)[C@@H](CC)N(Cc1ccc(OC)cc1)C(=O)Cc1ccc(Cl)c(Cl)c1. The molecule has 0 heterocycles. The van der Waals surface area contributed by atoms with Crippen molar-refractivity contribution in [2.24, 2.45) is 0 Å². The topological polar surface area (TPSA) is 58.6 Å². The van der Waals surface area contributed by atoms with E-state index in [2.05, 4.69) is 5.32 Å². The van der Waals surface area contributed by atoms with Crippen molar-refractivity contribution in [3.63, 3.8) is 0 Å². The van der Waals surface area contributed by atoms with Gasteiger partial charge in [0.25, 0.3) is 0 Å². The number of nitrogens with one attached hydrogen (secondary N) is 1. The number of carbonyl (C=O) groups excluding carboxylic acids is 2. The third-order valence-electron chi connectivity index (χ3n) is 5.24. The fourth-order valence-corrected chi connectivity index (χ4v) is 3.53. The third-order valence-corrected chi connectivity index (χ3v) is 5.98. The van der Waals surface area contributed by atoms with Crippen LogP contribution in [0, 0.1) is 0 Å². The van der Waals surface area contributed by atoms with Crippen LogP contribution in [0.15, 0.2) is 42.5 Å². The Hall–Kier alpha value is -2.24. The number of methoxy groups -OCH3 is 1. The molecular formula is C24H30Cl2N2O3. The van der Waals surface area contributed by atoms with Crippen LogP contribution in [0.1, 0.15) is 44.7 Å². The molecule has 0 aliphatic heterocycles. The van der Waals surface area contributed by atoms with Crippen molar-refractivity contribution in [1.82, 2.24) is 10.2 Å². The maximum atomic E-state index is 13.3. The summed E-state index contributed by atoms with van der Waals surface area (Å²) in [4.78, 5) is 28.0. The molecule has 2 aromatic carbocycles. The summed E-state index contributed by atoms with van der Waals surface area (Å²) in [6.45, 7) is 6.19. The Morgan fingerprint density at radius 2 is 1.65 bits per heavy atom. The highest BCUT2D eigenvalue weighted by atomic mass is 35.5. The molecule has 0 spiro atoms. The van der Waals surface area contributed by atoms with Crippen molar-refractivity contribution in [3.8, 4) is 5.75 Å². The second-order valence-electron chi connectivity index (χ2n) is 7.54. The molecule has 7 heteroatoms. The molecule has 31 heavy (non-hydrogen) atoms. The first kappa shape index (κ1) is 25.0. The van der Waals surface area contributed by atoms with Crippen LogP contribution >= 0.6 is 23.2 Å². The molecule has 0 saturated carbocycles. The van der Waals surface area contributed by atoms with Gasteiger partial charge in [-0.15, -0.1) is 0 Å². The Kier molecular flexibility index (Phi) is 9.66. The summed E-state index contributed by atoms with van der Waals surface area (Å²) in [5.41, 5.74) is 1.66. The number of halogens is 2. The first-order valence-electron chi connectivity index (χ1n) is 10.5. The number of hydrogen-bond donors (Lipinski definition) is 1. The average molecular weight is 465 g/mol. The molecule has 0 bridgehead atoms. The van der Waals surface area contributed by atoms with Crippen LogP contribution in [0.25, 0.3) is 0 Å². The van der Waals surface area contributed by atoms with Crippen molar-refractivity contribution in [3.05, 3.63) is 63.6 Å².